The van der Waals surface area contributed by atoms with Gasteiger partial charge in [0.25, 0.3) is 0 Å². The van der Waals surface area contributed by atoms with E-state index in [4.69, 9.17) is 71.1 Å². The molecule has 3 heterocycles. The molecule has 3 aliphatic rings. The highest BCUT2D eigenvalue weighted by Crippen LogP contribution is 2.32. The number of ether oxygens (including phenoxy) is 15. The lowest BCUT2D eigenvalue weighted by Gasteiger charge is -2.44. The first kappa shape index (κ1) is 96.0. The fraction of sp³-hybridized carbons (Fsp3) is 0.761. The van der Waals surface area contributed by atoms with Gasteiger partial charge in [-0.2, -0.15) is 0 Å². The van der Waals surface area contributed by atoms with Crippen LogP contribution in [0.15, 0.2) is 0 Å². The number of likely N-dealkylation sites (N-methyl/N-ethyl adjacent to an activating group) is 1. The molecular weight excluding hydrogens is 1480 g/mol. The highest BCUT2D eigenvalue weighted by molar-refractivity contribution is 5.92. The summed E-state index contributed by atoms with van der Waals surface area (Å²) in [6.07, 6.45) is -12.7. The Morgan fingerprint density at radius 2 is 0.604 bits per heavy atom. The monoisotopic (exact) mass is 1590 g/mol. The van der Waals surface area contributed by atoms with Gasteiger partial charge in [-0.3, -0.25) is 81.5 Å². The minimum atomic E-state index is -1.38. The molecule has 0 spiro atoms. The van der Waals surface area contributed by atoms with Crippen molar-refractivity contribution in [3.05, 3.63) is 0 Å². The lowest BCUT2D eigenvalue weighted by Crippen LogP contribution is -2.66. The highest BCUT2D eigenvalue weighted by Gasteiger charge is 2.54. The summed E-state index contributed by atoms with van der Waals surface area (Å²) in [7, 11) is 0. The molecule has 3 aliphatic heterocycles. The number of carbonyl (C=O) groups excluding carboxylic acids is 17. The molecule has 0 saturated carbocycles. The number of carbonyl (C=O) groups is 17. The predicted molar refractivity (Wildman–Crippen MR) is 378 cm³/mol. The van der Waals surface area contributed by atoms with Crippen LogP contribution in [0.3, 0.4) is 0 Å². The minimum absolute atomic E-state index is 0.0248. The molecule has 0 aliphatic carbocycles. The summed E-state index contributed by atoms with van der Waals surface area (Å²) < 4.78 is 84.4. The van der Waals surface area contributed by atoms with E-state index in [0.717, 1.165) is 62.3 Å². The Hall–Kier alpha value is -9.25. The molecule has 40 nitrogen and oxygen atoms in total. The van der Waals surface area contributed by atoms with E-state index in [0.29, 0.717) is 38.5 Å². The number of esters is 9. The highest BCUT2D eigenvalue weighted by atomic mass is 16.7. The Balaban J connectivity index is 1.70. The zero-order chi connectivity index (χ0) is 82.9. The molecule has 40 heteroatoms. The molecule has 3 fully saturated rings. The van der Waals surface area contributed by atoms with Gasteiger partial charge in [0.1, 0.15) is 68.3 Å². The van der Waals surface area contributed by atoms with Crippen LogP contribution in [0.1, 0.15) is 186 Å². The second-order valence-electron chi connectivity index (χ2n) is 26.4. The predicted octanol–water partition coefficient (Wildman–Crippen LogP) is -0.806. The first-order valence-electron chi connectivity index (χ1n) is 37.0. The third-order valence-electron chi connectivity index (χ3n) is 16.6. The summed E-state index contributed by atoms with van der Waals surface area (Å²) in [4.78, 5) is 214. The number of unbranched alkanes of at least 4 members (excludes halogenated alkanes) is 5. The molecule has 8 N–H and O–H groups in total. The van der Waals surface area contributed by atoms with Gasteiger partial charge in [-0.25, -0.2) is 0 Å². The summed E-state index contributed by atoms with van der Waals surface area (Å²) in [5, 5.41) is 21.8. The van der Waals surface area contributed by atoms with Gasteiger partial charge in [0.2, 0.25) is 47.3 Å². The number of rotatable bonds is 48. The largest absolute Gasteiger partial charge is 0.463 e. The lowest BCUT2D eigenvalue weighted by molar-refractivity contribution is -0.277. The van der Waals surface area contributed by atoms with Gasteiger partial charge >= 0.3 is 53.7 Å². The van der Waals surface area contributed by atoms with E-state index in [-0.39, 0.29) is 109 Å². The normalized spacial score (nSPS) is 23.8. The Morgan fingerprint density at radius 3 is 0.883 bits per heavy atom. The van der Waals surface area contributed by atoms with Gasteiger partial charge in [-0.05, 0) is 84.0 Å². The van der Waals surface area contributed by atoms with E-state index in [1.54, 1.807) is 6.92 Å². The zero-order valence-electron chi connectivity index (χ0n) is 65.3. The number of amides is 8. The third kappa shape index (κ3) is 38.0. The molecule has 0 bridgehead atoms. The quantitative estimate of drug-likeness (QED) is 0.0210. The summed E-state index contributed by atoms with van der Waals surface area (Å²) >= 11 is 0. The van der Waals surface area contributed by atoms with Gasteiger partial charge in [0, 0.05) is 142 Å². The fourth-order valence-electron chi connectivity index (χ4n) is 12.0. The van der Waals surface area contributed by atoms with Crippen molar-refractivity contribution in [2.45, 2.75) is 290 Å². The van der Waals surface area contributed by atoms with Crippen molar-refractivity contribution in [3.8, 4) is 0 Å². The van der Waals surface area contributed by atoms with Crippen molar-refractivity contribution in [3.63, 3.8) is 0 Å². The SMILES string of the molecule is CCNC(=O)C(CCCCNC(=O)CCCCOC1OC(COC(C)=O)C(OC(C)=O)C(OC(C)=O)C1NC(C)=O)NC(=O)C(CCCCNC(=O)CCCCOC1OC(COC(C)=O)C(OC(C)=O)C(OC(C)=O)C1NC(C)=O)NC(=O)CCCCOC1OC(COC(C)=O)C(OC(C)=O)C(OC(C)=O)C1NC(C)=O. The lowest BCUT2D eigenvalue weighted by atomic mass is 9.96. The van der Waals surface area contributed by atoms with Gasteiger partial charge in [0.15, 0.2) is 55.5 Å². The molecule has 8 amide bonds. The van der Waals surface area contributed by atoms with Crippen LogP contribution in [0.25, 0.3) is 0 Å². The van der Waals surface area contributed by atoms with Crippen LogP contribution >= 0.6 is 0 Å². The van der Waals surface area contributed by atoms with Crippen molar-refractivity contribution in [1.29, 1.82) is 0 Å². The fourth-order valence-corrected chi connectivity index (χ4v) is 12.0. The van der Waals surface area contributed by atoms with E-state index in [9.17, 15) is 81.5 Å². The minimum Gasteiger partial charge on any atom is -0.463 e. The Morgan fingerprint density at radius 1 is 0.315 bits per heavy atom. The zero-order valence-corrected chi connectivity index (χ0v) is 65.3. The summed E-state index contributed by atoms with van der Waals surface area (Å²) in [6, 6.07) is -5.92. The Labute approximate surface area is 643 Å². The molecule has 17 atom stereocenters. The average molecular weight is 1590 g/mol. The van der Waals surface area contributed by atoms with E-state index >= 15 is 0 Å². The average Bonchev–Trinajstić information content (AvgIpc) is 0.799. The van der Waals surface area contributed by atoms with Crippen molar-refractivity contribution in [2.24, 2.45) is 0 Å². The number of nitrogens with one attached hydrogen (secondary N) is 8. The maximum Gasteiger partial charge on any atom is 0.303 e. The second-order valence-corrected chi connectivity index (χ2v) is 26.4. The summed E-state index contributed by atoms with van der Waals surface area (Å²) in [5.74, 6) is -10.9. The van der Waals surface area contributed by atoms with Crippen LogP contribution in [-0.4, -0.2) is 264 Å². The van der Waals surface area contributed by atoms with E-state index in [1.807, 2.05) is 0 Å². The van der Waals surface area contributed by atoms with E-state index in [1.165, 1.54) is 20.8 Å². The van der Waals surface area contributed by atoms with Crippen molar-refractivity contribution >= 4 is 101 Å². The third-order valence-corrected chi connectivity index (χ3v) is 16.6. The second kappa shape index (κ2) is 51.3. The van der Waals surface area contributed by atoms with Gasteiger partial charge in [0.05, 0.1) is 0 Å². The molecule has 3 saturated heterocycles. The maximum atomic E-state index is 14.3. The van der Waals surface area contributed by atoms with Crippen LogP contribution < -0.4 is 42.5 Å². The van der Waals surface area contributed by atoms with Gasteiger partial charge in [-0.1, -0.05) is 0 Å². The molecule has 17 unspecified atom stereocenters. The topological polar surface area (TPSA) is 525 Å². The van der Waals surface area contributed by atoms with Crippen LogP contribution in [0.5, 0.6) is 0 Å². The van der Waals surface area contributed by atoms with Crippen LogP contribution in [0.4, 0.5) is 0 Å². The van der Waals surface area contributed by atoms with E-state index in [2.05, 4.69) is 42.5 Å². The van der Waals surface area contributed by atoms with Crippen LogP contribution in [-0.2, 0) is 153 Å². The van der Waals surface area contributed by atoms with Gasteiger partial charge < -0.3 is 114 Å². The first-order valence-corrected chi connectivity index (χ1v) is 37.0. The van der Waals surface area contributed by atoms with Gasteiger partial charge in [-0.15, -0.1) is 0 Å². The van der Waals surface area contributed by atoms with Crippen LogP contribution in [0.2, 0.25) is 0 Å². The van der Waals surface area contributed by atoms with E-state index < -0.39 is 213 Å². The van der Waals surface area contributed by atoms with Crippen molar-refractivity contribution in [1.82, 2.24) is 42.5 Å². The standard InChI is InChI=1S/C71H112N8O32/c1-14-72-67(95)50(25-15-20-30-73-55(92)27-17-22-32-97-69-58(75-38(2)80)64(106-47(11)89)61(103-44(8)86)52(109-69)35-100-41(5)83)79-68(96)51(78-57(94)29-19-24-34-99-71-60(77-40(4)82)66(108-49(13)91)63(105-46(10)88)54(111-71)37-102-43(7)85)26-16-21-31-74-56(93)28-18-23-33-98-70-59(76-39(3)81)65(107-48(12)90)62(104-45(9)87)53(110-70)36-101-42(6)84/h50-54,58-66,69-71H,14-37H2,1-13H3,(H,72,95)(H,73,92)(H,74,93)(H,75,80)(H,76,81)(H,77,82)(H,78,94)(H,79,96). The molecule has 0 radical (unpaired) electrons. The first-order chi connectivity index (χ1) is 52.5. The van der Waals surface area contributed by atoms with Crippen molar-refractivity contribution in [2.75, 3.05) is 59.3 Å². The smallest absolute Gasteiger partial charge is 0.303 e. The maximum absolute atomic E-state index is 14.3. The molecular formula is C71H112N8O32. The Bertz CT molecular complexity index is 3120. The van der Waals surface area contributed by atoms with Crippen molar-refractivity contribution < 1.29 is 153 Å². The number of hydrogen-bond acceptors (Lipinski definition) is 32. The molecule has 3 rings (SSSR count). The Kier molecular flexibility index (Phi) is 44.4. The molecule has 111 heavy (non-hydrogen) atoms. The summed E-state index contributed by atoms with van der Waals surface area (Å²) in [5.41, 5.74) is 0. The molecule has 0 aromatic heterocycles. The van der Waals surface area contributed by atoms with Crippen LogP contribution in [0, 0.1) is 0 Å². The molecule has 0 aromatic rings. The molecule has 628 valence electrons. The molecule has 0 aromatic carbocycles. The number of hydrogen-bond donors (Lipinski definition) is 8. The summed E-state index contributed by atoms with van der Waals surface area (Å²) in [6.45, 7) is 14.4.